The maximum absolute atomic E-state index is 12.5. The SMILES string of the molecule is Cc1ccc(C)c(NC(=O)c2cc(Nc3cccc(Cl)c3)ncn2)c1. The summed E-state index contributed by atoms with van der Waals surface area (Å²) in [5, 5.41) is 6.62. The predicted molar refractivity (Wildman–Crippen MR) is 101 cm³/mol. The molecule has 5 nitrogen and oxygen atoms in total. The zero-order valence-electron chi connectivity index (χ0n) is 13.9. The second-order valence-electron chi connectivity index (χ2n) is 5.70. The number of aryl methyl sites for hydroxylation is 2. The summed E-state index contributed by atoms with van der Waals surface area (Å²) < 4.78 is 0. The normalized spacial score (nSPS) is 10.4. The van der Waals surface area contributed by atoms with E-state index >= 15 is 0 Å². The number of carbonyl (C=O) groups is 1. The van der Waals surface area contributed by atoms with Crippen molar-refractivity contribution in [1.82, 2.24) is 9.97 Å². The quantitative estimate of drug-likeness (QED) is 0.711. The zero-order valence-corrected chi connectivity index (χ0v) is 14.6. The van der Waals surface area contributed by atoms with E-state index in [1.807, 2.05) is 44.2 Å². The van der Waals surface area contributed by atoms with Crippen molar-refractivity contribution >= 4 is 34.7 Å². The number of amides is 1. The van der Waals surface area contributed by atoms with Gasteiger partial charge in [-0.15, -0.1) is 0 Å². The van der Waals surface area contributed by atoms with Crippen LogP contribution in [0.1, 0.15) is 21.6 Å². The summed E-state index contributed by atoms with van der Waals surface area (Å²) in [4.78, 5) is 20.7. The first-order valence-electron chi connectivity index (χ1n) is 7.74. The third-order valence-electron chi connectivity index (χ3n) is 3.64. The van der Waals surface area contributed by atoms with Crippen LogP contribution >= 0.6 is 11.6 Å². The average molecular weight is 353 g/mol. The van der Waals surface area contributed by atoms with Gasteiger partial charge in [0.2, 0.25) is 0 Å². The van der Waals surface area contributed by atoms with Crippen molar-refractivity contribution in [1.29, 1.82) is 0 Å². The fraction of sp³-hybridized carbons (Fsp3) is 0.105. The lowest BCUT2D eigenvalue weighted by molar-refractivity contribution is 0.102. The van der Waals surface area contributed by atoms with E-state index in [9.17, 15) is 4.79 Å². The Hall–Kier alpha value is -2.92. The van der Waals surface area contributed by atoms with E-state index in [1.54, 1.807) is 18.2 Å². The number of hydrogen-bond acceptors (Lipinski definition) is 4. The van der Waals surface area contributed by atoms with E-state index < -0.39 is 0 Å². The van der Waals surface area contributed by atoms with E-state index in [-0.39, 0.29) is 11.6 Å². The maximum Gasteiger partial charge on any atom is 0.274 e. The molecule has 1 aromatic heterocycles. The van der Waals surface area contributed by atoms with Crippen LogP contribution < -0.4 is 10.6 Å². The standard InChI is InChI=1S/C19H17ClN4O/c1-12-6-7-13(2)16(8-12)24-19(25)17-10-18(22-11-21-17)23-15-5-3-4-14(20)9-15/h3-11H,1-2H3,(H,24,25)(H,21,22,23). The molecule has 2 N–H and O–H groups in total. The Morgan fingerprint density at radius 3 is 2.68 bits per heavy atom. The van der Waals surface area contributed by atoms with Gasteiger partial charge in [0.25, 0.3) is 5.91 Å². The predicted octanol–water partition coefficient (Wildman–Crippen LogP) is 4.74. The van der Waals surface area contributed by atoms with Gasteiger partial charge in [-0.2, -0.15) is 0 Å². The van der Waals surface area contributed by atoms with Crippen molar-refractivity contribution in [2.75, 3.05) is 10.6 Å². The van der Waals surface area contributed by atoms with Crippen LogP contribution in [0, 0.1) is 13.8 Å². The monoisotopic (exact) mass is 352 g/mol. The van der Waals surface area contributed by atoms with Crippen LogP contribution in [0.25, 0.3) is 0 Å². The molecule has 6 heteroatoms. The molecule has 1 heterocycles. The largest absolute Gasteiger partial charge is 0.340 e. The Bertz CT molecular complexity index is 927. The molecule has 0 unspecified atom stereocenters. The molecular weight excluding hydrogens is 336 g/mol. The second-order valence-corrected chi connectivity index (χ2v) is 6.13. The summed E-state index contributed by atoms with van der Waals surface area (Å²) in [6.45, 7) is 3.92. The third-order valence-corrected chi connectivity index (χ3v) is 3.87. The van der Waals surface area contributed by atoms with Gasteiger partial charge < -0.3 is 10.6 Å². The van der Waals surface area contributed by atoms with Crippen molar-refractivity contribution in [3.05, 3.63) is 76.7 Å². The highest BCUT2D eigenvalue weighted by Gasteiger charge is 2.11. The van der Waals surface area contributed by atoms with Gasteiger partial charge in [-0.25, -0.2) is 9.97 Å². The van der Waals surface area contributed by atoms with Crippen molar-refractivity contribution in [2.45, 2.75) is 13.8 Å². The molecule has 0 aliphatic heterocycles. The Balaban J connectivity index is 1.78. The first kappa shape index (κ1) is 16.9. The van der Waals surface area contributed by atoms with Gasteiger partial charge in [-0.3, -0.25) is 4.79 Å². The Kier molecular flexibility index (Phi) is 4.95. The van der Waals surface area contributed by atoms with Crippen molar-refractivity contribution in [3.8, 4) is 0 Å². The lowest BCUT2D eigenvalue weighted by Crippen LogP contribution is -2.15. The molecule has 126 valence electrons. The number of anilines is 3. The summed E-state index contributed by atoms with van der Waals surface area (Å²) in [6, 6.07) is 14.8. The molecule has 0 saturated carbocycles. The summed E-state index contributed by atoms with van der Waals surface area (Å²) >= 11 is 5.97. The highest BCUT2D eigenvalue weighted by atomic mass is 35.5. The first-order chi connectivity index (χ1) is 12.0. The molecule has 2 aromatic carbocycles. The first-order valence-corrected chi connectivity index (χ1v) is 8.12. The molecular formula is C19H17ClN4O. The minimum Gasteiger partial charge on any atom is -0.340 e. The molecule has 0 bridgehead atoms. The summed E-state index contributed by atoms with van der Waals surface area (Å²) in [6.07, 6.45) is 1.35. The molecule has 0 spiro atoms. The van der Waals surface area contributed by atoms with Crippen LogP contribution in [0.15, 0.2) is 54.9 Å². The third kappa shape index (κ3) is 4.33. The molecule has 3 rings (SSSR count). The molecule has 0 fully saturated rings. The van der Waals surface area contributed by atoms with Gasteiger partial charge in [0, 0.05) is 22.5 Å². The number of hydrogen-bond donors (Lipinski definition) is 2. The minimum absolute atomic E-state index is 0.278. The number of rotatable bonds is 4. The number of carbonyl (C=O) groups excluding carboxylic acids is 1. The summed E-state index contributed by atoms with van der Waals surface area (Å²) in [5.74, 6) is 0.230. The fourth-order valence-electron chi connectivity index (χ4n) is 2.32. The van der Waals surface area contributed by atoms with Gasteiger partial charge in [0.15, 0.2) is 0 Å². The van der Waals surface area contributed by atoms with Gasteiger partial charge in [-0.1, -0.05) is 29.8 Å². The van der Waals surface area contributed by atoms with Crippen LogP contribution in [0.3, 0.4) is 0 Å². The van der Waals surface area contributed by atoms with Gasteiger partial charge in [0.05, 0.1) is 0 Å². The van der Waals surface area contributed by atoms with Crippen molar-refractivity contribution < 1.29 is 4.79 Å². The van der Waals surface area contributed by atoms with E-state index in [1.165, 1.54) is 6.33 Å². The van der Waals surface area contributed by atoms with Crippen LogP contribution in [0.5, 0.6) is 0 Å². The fourth-order valence-corrected chi connectivity index (χ4v) is 2.51. The van der Waals surface area contributed by atoms with Gasteiger partial charge >= 0.3 is 0 Å². The summed E-state index contributed by atoms with van der Waals surface area (Å²) in [7, 11) is 0. The molecule has 25 heavy (non-hydrogen) atoms. The topological polar surface area (TPSA) is 66.9 Å². The summed E-state index contributed by atoms with van der Waals surface area (Å²) in [5.41, 5.74) is 3.90. The molecule has 1 amide bonds. The minimum atomic E-state index is -0.287. The second kappa shape index (κ2) is 7.32. The lowest BCUT2D eigenvalue weighted by atomic mass is 10.1. The Labute approximate surface area is 151 Å². The van der Waals surface area contributed by atoms with Gasteiger partial charge in [-0.05, 0) is 49.2 Å². The molecule has 3 aromatic rings. The maximum atomic E-state index is 12.5. The number of nitrogens with zero attached hydrogens (tertiary/aromatic N) is 2. The Morgan fingerprint density at radius 2 is 1.88 bits per heavy atom. The van der Waals surface area contributed by atoms with Crippen LogP contribution in [-0.2, 0) is 0 Å². The number of aromatic nitrogens is 2. The average Bonchev–Trinajstić information content (AvgIpc) is 2.58. The van der Waals surface area contributed by atoms with Crippen LogP contribution in [0.2, 0.25) is 5.02 Å². The van der Waals surface area contributed by atoms with Crippen molar-refractivity contribution in [3.63, 3.8) is 0 Å². The van der Waals surface area contributed by atoms with E-state index in [4.69, 9.17) is 11.6 Å². The zero-order chi connectivity index (χ0) is 17.8. The van der Waals surface area contributed by atoms with E-state index in [0.717, 1.165) is 22.5 Å². The highest BCUT2D eigenvalue weighted by molar-refractivity contribution is 6.30. The van der Waals surface area contributed by atoms with Crippen LogP contribution in [-0.4, -0.2) is 15.9 Å². The van der Waals surface area contributed by atoms with Crippen LogP contribution in [0.4, 0.5) is 17.2 Å². The van der Waals surface area contributed by atoms with Crippen molar-refractivity contribution in [2.24, 2.45) is 0 Å². The van der Waals surface area contributed by atoms with E-state index in [0.29, 0.717) is 10.8 Å². The number of benzene rings is 2. The van der Waals surface area contributed by atoms with Gasteiger partial charge in [0.1, 0.15) is 17.8 Å². The molecule has 0 radical (unpaired) electrons. The molecule has 0 aliphatic rings. The lowest BCUT2D eigenvalue weighted by Gasteiger charge is -2.10. The number of halogens is 1. The Morgan fingerprint density at radius 1 is 1.04 bits per heavy atom. The molecule has 0 saturated heterocycles. The highest BCUT2D eigenvalue weighted by Crippen LogP contribution is 2.20. The smallest absolute Gasteiger partial charge is 0.274 e. The van der Waals surface area contributed by atoms with E-state index in [2.05, 4.69) is 20.6 Å². The molecule has 0 aliphatic carbocycles. The number of nitrogens with one attached hydrogen (secondary N) is 2. The molecule has 0 atom stereocenters.